The number of aromatic amines is 1. The molecule has 3 heterocycles. The Balaban J connectivity index is 1.49. The van der Waals surface area contributed by atoms with Crippen LogP contribution >= 0.6 is 0 Å². The van der Waals surface area contributed by atoms with Gasteiger partial charge in [0.2, 0.25) is 10.0 Å². The van der Waals surface area contributed by atoms with E-state index >= 15 is 0 Å². The molecule has 4 aromatic rings. The van der Waals surface area contributed by atoms with Crippen LogP contribution in [0.1, 0.15) is 39.6 Å². The van der Waals surface area contributed by atoms with Gasteiger partial charge in [-0.05, 0) is 65.1 Å². The largest absolute Gasteiger partial charge is 0.416 e. The van der Waals surface area contributed by atoms with Gasteiger partial charge in [0.25, 0.3) is 0 Å². The standard InChI is InChI=1S/C27H19F6N3O2S/c28-26(29,30)16-7-9-19(10-8-16)39(37,38)36-18-12-22-20(15-3-1-4-17(11-15)27(31,32)33)5-2-6-21(22)25(36)23-14-34-35-24(23)13-18/h1-11,14,18,25H,12-13H2,(H,34,35). The van der Waals surface area contributed by atoms with Crippen molar-refractivity contribution < 1.29 is 34.8 Å². The number of H-pyrrole nitrogens is 1. The van der Waals surface area contributed by atoms with Crippen LogP contribution in [0.4, 0.5) is 26.3 Å². The first kappa shape index (κ1) is 25.6. The molecule has 2 bridgehead atoms. The van der Waals surface area contributed by atoms with Gasteiger partial charge in [-0.15, -0.1) is 0 Å². The Morgan fingerprint density at radius 1 is 0.821 bits per heavy atom. The lowest BCUT2D eigenvalue weighted by Gasteiger charge is -2.45. The third kappa shape index (κ3) is 4.22. The molecular formula is C27H19F6N3O2S. The van der Waals surface area contributed by atoms with E-state index in [9.17, 15) is 34.8 Å². The quantitative estimate of drug-likeness (QED) is 0.295. The van der Waals surface area contributed by atoms with Crippen molar-refractivity contribution in [3.05, 3.63) is 106 Å². The monoisotopic (exact) mass is 563 g/mol. The highest BCUT2D eigenvalue weighted by molar-refractivity contribution is 7.89. The molecule has 2 aliphatic rings. The van der Waals surface area contributed by atoms with E-state index in [0.717, 1.165) is 47.7 Å². The van der Waals surface area contributed by atoms with Crippen LogP contribution in [0.3, 0.4) is 0 Å². The van der Waals surface area contributed by atoms with Gasteiger partial charge in [-0.3, -0.25) is 5.10 Å². The van der Waals surface area contributed by atoms with Gasteiger partial charge in [-0.1, -0.05) is 30.3 Å². The highest BCUT2D eigenvalue weighted by Crippen LogP contribution is 2.48. The number of aromatic nitrogens is 2. The van der Waals surface area contributed by atoms with Crippen LogP contribution in [0, 0.1) is 0 Å². The smallest absolute Gasteiger partial charge is 0.282 e. The summed E-state index contributed by atoms with van der Waals surface area (Å²) in [6.45, 7) is 0. The maximum atomic E-state index is 13.9. The second-order valence-electron chi connectivity index (χ2n) is 9.58. The van der Waals surface area contributed by atoms with Crippen molar-refractivity contribution in [2.75, 3.05) is 0 Å². The summed E-state index contributed by atoms with van der Waals surface area (Å²) < 4.78 is 109. The number of nitrogens with one attached hydrogen (secondary N) is 1. The lowest BCUT2D eigenvalue weighted by atomic mass is 9.78. The minimum absolute atomic E-state index is 0.191. The summed E-state index contributed by atoms with van der Waals surface area (Å²) in [5, 5.41) is 6.99. The van der Waals surface area contributed by atoms with E-state index in [0.29, 0.717) is 22.3 Å². The zero-order valence-corrected chi connectivity index (χ0v) is 20.7. The number of nitrogens with zero attached hydrogens (tertiary/aromatic N) is 2. The molecule has 0 saturated heterocycles. The van der Waals surface area contributed by atoms with Gasteiger partial charge >= 0.3 is 12.4 Å². The number of hydrogen-bond acceptors (Lipinski definition) is 3. The third-order valence-electron chi connectivity index (χ3n) is 7.30. The number of alkyl halides is 6. The molecule has 0 radical (unpaired) electrons. The SMILES string of the molecule is O=S(=O)(c1ccc(C(F)(F)F)cc1)N1C2Cc3[nH]ncc3C1c1cccc(-c3cccc(C(F)(F)F)c3)c1C2. The molecule has 6 rings (SSSR count). The minimum atomic E-state index is -4.62. The van der Waals surface area contributed by atoms with Crippen molar-refractivity contribution in [1.29, 1.82) is 0 Å². The second-order valence-corrected chi connectivity index (χ2v) is 11.4. The topological polar surface area (TPSA) is 66.1 Å². The summed E-state index contributed by atoms with van der Waals surface area (Å²) in [5.74, 6) is 0. The zero-order chi connectivity index (χ0) is 27.7. The first-order chi connectivity index (χ1) is 18.4. The number of hydrogen-bond donors (Lipinski definition) is 1. The highest BCUT2D eigenvalue weighted by Gasteiger charge is 2.48. The van der Waals surface area contributed by atoms with Crippen LogP contribution in [0.5, 0.6) is 0 Å². The summed E-state index contributed by atoms with van der Waals surface area (Å²) >= 11 is 0. The molecule has 12 heteroatoms. The number of halogens is 6. The lowest BCUT2D eigenvalue weighted by molar-refractivity contribution is -0.138. The zero-order valence-electron chi connectivity index (χ0n) is 19.9. The van der Waals surface area contributed by atoms with Crippen molar-refractivity contribution in [2.45, 2.75) is 42.2 Å². The Labute approximate surface area is 219 Å². The number of rotatable bonds is 3. The third-order valence-corrected chi connectivity index (χ3v) is 9.24. The van der Waals surface area contributed by atoms with Gasteiger partial charge in [0.05, 0.1) is 28.3 Å². The molecule has 0 spiro atoms. The molecule has 2 unspecified atom stereocenters. The molecule has 202 valence electrons. The first-order valence-electron chi connectivity index (χ1n) is 11.9. The van der Waals surface area contributed by atoms with Gasteiger partial charge < -0.3 is 0 Å². The van der Waals surface area contributed by atoms with Gasteiger partial charge in [0.15, 0.2) is 0 Å². The van der Waals surface area contributed by atoms with Gasteiger partial charge in [-0.25, -0.2) is 8.42 Å². The van der Waals surface area contributed by atoms with Crippen LogP contribution in [-0.4, -0.2) is 29.0 Å². The van der Waals surface area contributed by atoms with Crippen molar-refractivity contribution in [2.24, 2.45) is 0 Å². The highest BCUT2D eigenvalue weighted by atomic mass is 32.2. The summed E-state index contributed by atoms with van der Waals surface area (Å²) in [7, 11) is -4.27. The second kappa shape index (κ2) is 8.68. The molecule has 5 nitrogen and oxygen atoms in total. The average molecular weight is 564 g/mol. The fourth-order valence-electron chi connectivity index (χ4n) is 5.59. The van der Waals surface area contributed by atoms with Crippen molar-refractivity contribution in [1.82, 2.24) is 14.5 Å². The predicted molar refractivity (Wildman–Crippen MR) is 129 cm³/mol. The lowest BCUT2D eigenvalue weighted by Crippen LogP contribution is -2.51. The summed E-state index contributed by atoms with van der Waals surface area (Å²) in [6, 6.07) is 11.9. The Morgan fingerprint density at radius 2 is 1.51 bits per heavy atom. The molecule has 0 saturated carbocycles. The number of sulfonamides is 1. The van der Waals surface area contributed by atoms with E-state index in [1.165, 1.54) is 16.6 Å². The van der Waals surface area contributed by atoms with E-state index < -0.39 is 45.6 Å². The Bertz CT molecular complexity index is 1680. The number of benzene rings is 3. The first-order valence-corrected chi connectivity index (χ1v) is 13.3. The molecule has 3 aromatic carbocycles. The molecule has 0 amide bonds. The minimum Gasteiger partial charge on any atom is -0.282 e. The summed E-state index contributed by atoms with van der Waals surface area (Å²) in [6.07, 6.45) is -7.19. The van der Waals surface area contributed by atoms with E-state index in [2.05, 4.69) is 10.2 Å². The van der Waals surface area contributed by atoms with E-state index in [1.807, 2.05) is 0 Å². The van der Waals surface area contributed by atoms with E-state index in [4.69, 9.17) is 0 Å². The molecular weight excluding hydrogens is 544 g/mol. The molecule has 1 N–H and O–H groups in total. The van der Waals surface area contributed by atoms with Crippen LogP contribution in [-0.2, 0) is 35.2 Å². The van der Waals surface area contributed by atoms with Gasteiger partial charge in [0, 0.05) is 23.7 Å². The van der Waals surface area contributed by atoms with Crippen molar-refractivity contribution in [3.8, 4) is 11.1 Å². The Hall–Kier alpha value is -3.64. The van der Waals surface area contributed by atoms with E-state index in [-0.39, 0.29) is 17.7 Å². The van der Waals surface area contributed by atoms with Gasteiger partial charge in [-0.2, -0.15) is 35.7 Å². The van der Waals surface area contributed by atoms with Crippen LogP contribution in [0.15, 0.2) is 77.8 Å². The maximum Gasteiger partial charge on any atom is 0.416 e. The van der Waals surface area contributed by atoms with E-state index in [1.54, 1.807) is 24.3 Å². The van der Waals surface area contributed by atoms with Crippen LogP contribution in [0.2, 0.25) is 0 Å². The van der Waals surface area contributed by atoms with Crippen LogP contribution < -0.4 is 0 Å². The summed E-state index contributed by atoms with van der Waals surface area (Å²) in [5.41, 5.74) is 1.78. The fourth-order valence-corrected chi connectivity index (χ4v) is 7.36. The molecule has 0 fully saturated rings. The Kier molecular flexibility index (Phi) is 5.71. The maximum absolute atomic E-state index is 13.9. The number of fused-ring (bicyclic) bond motifs is 6. The normalized spacial score (nSPS) is 19.4. The molecule has 1 aromatic heterocycles. The molecule has 2 aliphatic heterocycles. The Morgan fingerprint density at radius 3 is 2.21 bits per heavy atom. The van der Waals surface area contributed by atoms with Crippen molar-refractivity contribution in [3.63, 3.8) is 0 Å². The fraction of sp³-hybridized carbons (Fsp3) is 0.222. The summed E-state index contributed by atoms with van der Waals surface area (Å²) in [4.78, 5) is -0.282. The average Bonchev–Trinajstić information content (AvgIpc) is 3.35. The predicted octanol–water partition coefficient (Wildman–Crippen LogP) is 6.38. The molecule has 2 atom stereocenters. The van der Waals surface area contributed by atoms with Crippen LogP contribution in [0.25, 0.3) is 11.1 Å². The molecule has 0 aliphatic carbocycles. The molecule has 39 heavy (non-hydrogen) atoms. The van der Waals surface area contributed by atoms with Gasteiger partial charge in [0.1, 0.15) is 0 Å². The van der Waals surface area contributed by atoms with Crippen molar-refractivity contribution >= 4 is 10.0 Å².